The number of rotatable bonds is 4. The molecule has 3 rings (SSSR count). The predicted octanol–water partition coefficient (Wildman–Crippen LogP) is 5.05. The van der Waals surface area contributed by atoms with Gasteiger partial charge in [-0.1, -0.05) is 24.3 Å². The number of phenolic OH excluding ortho intramolecular Hbond substituents is 1. The van der Waals surface area contributed by atoms with Crippen LogP contribution in [0.25, 0.3) is 11.1 Å². The van der Waals surface area contributed by atoms with Crippen molar-refractivity contribution in [1.29, 1.82) is 0 Å². The van der Waals surface area contributed by atoms with Gasteiger partial charge in [-0.05, 0) is 69.5 Å². The van der Waals surface area contributed by atoms with E-state index in [9.17, 15) is 9.90 Å². The van der Waals surface area contributed by atoms with Crippen LogP contribution in [0.1, 0.15) is 10.4 Å². The Morgan fingerprint density at radius 2 is 1.44 bits per heavy atom. The minimum atomic E-state index is -0.488. The summed E-state index contributed by atoms with van der Waals surface area (Å²) in [5.74, 6) is 0.833. The van der Waals surface area contributed by atoms with Crippen molar-refractivity contribution >= 4 is 21.9 Å². The molecular weight excluding hydrogens is 384 g/mol. The van der Waals surface area contributed by atoms with E-state index >= 15 is 0 Å². The summed E-state index contributed by atoms with van der Waals surface area (Å²) in [4.78, 5) is 12.2. The predicted molar refractivity (Wildman–Crippen MR) is 99.2 cm³/mol. The molecule has 3 aromatic rings. The van der Waals surface area contributed by atoms with Gasteiger partial charge in [-0.25, -0.2) is 4.79 Å². The van der Waals surface area contributed by atoms with Crippen LogP contribution < -0.4 is 9.47 Å². The molecule has 4 nitrogen and oxygen atoms in total. The van der Waals surface area contributed by atoms with Gasteiger partial charge < -0.3 is 14.6 Å². The van der Waals surface area contributed by atoms with Crippen LogP contribution in [0.3, 0.4) is 0 Å². The van der Waals surface area contributed by atoms with Crippen LogP contribution in [0.4, 0.5) is 0 Å². The van der Waals surface area contributed by atoms with Crippen LogP contribution >= 0.6 is 15.9 Å². The SMILES string of the molecule is COc1ccc(-c2ccc(OC(=O)c3ccc(O)c(Br)c3)cc2)cc1. The number of methoxy groups -OCH3 is 1. The van der Waals surface area contributed by atoms with E-state index < -0.39 is 5.97 Å². The van der Waals surface area contributed by atoms with Crippen LogP contribution in [-0.2, 0) is 0 Å². The van der Waals surface area contributed by atoms with E-state index in [-0.39, 0.29) is 5.75 Å². The normalized spacial score (nSPS) is 10.3. The minimum absolute atomic E-state index is 0.0698. The molecule has 0 aliphatic rings. The van der Waals surface area contributed by atoms with Crippen LogP contribution in [0, 0.1) is 0 Å². The molecule has 0 bridgehead atoms. The number of hydrogen-bond donors (Lipinski definition) is 1. The van der Waals surface area contributed by atoms with Gasteiger partial charge in [0, 0.05) is 0 Å². The second-order valence-electron chi connectivity index (χ2n) is 5.31. The summed E-state index contributed by atoms with van der Waals surface area (Å²) in [7, 11) is 1.63. The maximum absolute atomic E-state index is 12.2. The second-order valence-corrected chi connectivity index (χ2v) is 6.16. The van der Waals surface area contributed by atoms with E-state index in [1.54, 1.807) is 19.2 Å². The van der Waals surface area contributed by atoms with Gasteiger partial charge in [0.25, 0.3) is 0 Å². The molecule has 5 heteroatoms. The molecule has 0 fully saturated rings. The third kappa shape index (κ3) is 4.00. The molecule has 25 heavy (non-hydrogen) atoms. The van der Waals surface area contributed by atoms with Gasteiger partial charge >= 0.3 is 5.97 Å². The van der Waals surface area contributed by atoms with Crippen molar-refractivity contribution in [3.63, 3.8) is 0 Å². The molecule has 0 aliphatic heterocycles. The van der Waals surface area contributed by atoms with E-state index in [0.29, 0.717) is 15.8 Å². The highest BCUT2D eigenvalue weighted by Crippen LogP contribution is 2.27. The number of benzene rings is 3. The molecule has 0 heterocycles. The number of esters is 1. The fourth-order valence-corrected chi connectivity index (χ4v) is 2.68. The maximum atomic E-state index is 12.2. The Kier molecular flexibility index (Phi) is 5.05. The lowest BCUT2D eigenvalue weighted by Gasteiger charge is -2.07. The Balaban J connectivity index is 1.73. The Morgan fingerprint density at radius 3 is 1.96 bits per heavy atom. The van der Waals surface area contributed by atoms with Gasteiger partial charge in [0.2, 0.25) is 0 Å². The number of halogens is 1. The number of hydrogen-bond acceptors (Lipinski definition) is 4. The molecule has 0 amide bonds. The highest BCUT2D eigenvalue weighted by molar-refractivity contribution is 9.10. The third-order valence-electron chi connectivity index (χ3n) is 3.67. The molecule has 0 radical (unpaired) electrons. The van der Waals surface area contributed by atoms with Crippen molar-refractivity contribution < 1.29 is 19.4 Å². The van der Waals surface area contributed by atoms with E-state index in [2.05, 4.69) is 15.9 Å². The zero-order chi connectivity index (χ0) is 17.8. The Bertz CT molecular complexity index is 887. The standard InChI is InChI=1S/C20H15BrO4/c1-24-16-7-2-13(3-8-16)14-4-9-17(10-5-14)25-20(23)15-6-11-19(22)18(21)12-15/h2-12,22H,1H3. The number of aromatic hydroxyl groups is 1. The quantitative estimate of drug-likeness (QED) is 0.493. The van der Waals surface area contributed by atoms with E-state index in [1.807, 2.05) is 36.4 Å². The van der Waals surface area contributed by atoms with Crippen LogP contribution in [0.15, 0.2) is 71.2 Å². The Labute approximate surface area is 153 Å². The van der Waals surface area contributed by atoms with Crippen LogP contribution in [-0.4, -0.2) is 18.2 Å². The first kappa shape index (κ1) is 17.0. The summed E-state index contributed by atoms with van der Waals surface area (Å²) in [6.07, 6.45) is 0. The molecule has 0 aliphatic carbocycles. The van der Waals surface area contributed by atoms with Gasteiger partial charge in [0.05, 0.1) is 17.1 Å². The minimum Gasteiger partial charge on any atom is -0.507 e. The van der Waals surface area contributed by atoms with Gasteiger partial charge in [-0.2, -0.15) is 0 Å². The first-order chi connectivity index (χ1) is 12.1. The number of carbonyl (C=O) groups is 1. The first-order valence-electron chi connectivity index (χ1n) is 7.52. The molecule has 0 saturated heterocycles. The topological polar surface area (TPSA) is 55.8 Å². The van der Waals surface area contributed by atoms with Crippen molar-refractivity contribution in [2.75, 3.05) is 7.11 Å². The van der Waals surface area contributed by atoms with Gasteiger partial charge in [0.15, 0.2) is 0 Å². The average Bonchev–Trinajstić information content (AvgIpc) is 2.64. The summed E-state index contributed by atoms with van der Waals surface area (Å²) < 4.78 is 11.0. The van der Waals surface area contributed by atoms with E-state index in [1.165, 1.54) is 18.2 Å². The summed E-state index contributed by atoms with van der Waals surface area (Å²) in [6.45, 7) is 0. The fourth-order valence-electron chi connectivity index (χ4n) is 2.30. The highest BCUT2D eigenvalue weighted by Gasteiger charge is 2.11. The Morgan fingerprint density at radius 1 is 0.880 bits per heavy atom. The molecule has 0 spiro atoms. The zero-order valence-electron chi connectivity index (χ0n) is 13.4. The second kappa shape index (κ2) is 7.40. The van der Waals surface area contributed by atoms with Gasteiger partial charge in [0.1, 0.15) is 17.2 Å². The fraction of sp³-hybridized carbons (Fsp3) is 0.0500. The zero-order valence-corrected chi connectivity index (χ0v) is 15.0. The first-order valence-corrected chi connectivity index (χ1v) is 8.31. The van der Waals surface area contributed by atoms with Crippen molar-refractivity contribution in [3.05, 3.63) is 76.8 Å². The van der Waals surface area contributed by atoms with Crippen LogP contribution in [0.5, 0.6) is 17.2 Å². The molecule has 0 unspecified atom stereocenters. The molecule has 0 saturated carbocycles. The number of phenols is 1. The van der Waals surface area contributed by atoms with Gasteiger partial charge in [-0.15, -0.1) is 0 Å². The highest BCUT2D eigenvalue weighted by atomic mass is 79.9. The lowest BCUT2D eigenvalue weighted by molar-refractivity contribution is 0.0734. The number of carbonyl (C=O) groups excluding carboxylic acids is 1. The maximum Gasteiger partial charge on any atom is 0.343 e. The molecular formula is C20H15BrO4. The van der Waals surface area contributed by atoms with E-state index in [4.69, 9.17) is 9.47 Å². The monoisotopic (exact) mass is 398 g/mol. The molecule has 0 aromatic heterocycles. The van der Waals surface area contributed by atoms with Crippen LogP contribution in [0.2, 0.25) is 0 Å². The van der Waals surface area contributed by atoms with Crippen molar-refractivity contribution in [3.8, 4) is 28.4 Å². The average molecular weight is 399 g/mol. The third-order valence-corrected chi connectivity index (χ3v) is 4.31. The van der Waals surface area contributed by atoms with Gasteiger partial charge in [-0.3, -0.25) is 0 Å². The molecule has 1 N–H and O–H groups in total. The van der Waals surface area contributed by atoms with E-state index in [0.717, 1.165) is 16.9 Å². The smallest absolute Gasteiger partial charge is 0.343 e. The lowest BCUT2D eigenvalue weighted by Crippen LogP contribution is -2.08. The molecule has 3 aromatic carbocycles. The van der Waals surface area contributed by atoms with Crippen molar-refractivity contribution in [2.24, 2.45) is 0 Å². The Hall–Kier alpha value is -2.79. The summed E-state index contributed by atoms with van der Waals surface area (Å²) in [6, 6.07) is 19.4. The summed E-state index contributed by atoms with van der Waals surface area (Å²) >= 11 is 3.18. The summed E-state index contributed by atoms with van der Waals surface area (Å²) in [5, 5.41) is 9.48. The molecule has 126 valence electrons. The molecule has 0 atom stereocenters. The van der Waals surface area contributed by atoms with Crippen molar-refractivity contribution in [2.45, 2.75) is 0 Å². The summed E-state index contributed by atoms with van der Waals surface area (Å²) in [5.41, 5.74) is 2.40. The largest absolute Gasteiger partial charge is 0.507 e. The van der Waals surface area contributed by atoms with Crippen molar-refractivity contribution in [1.82, 2.24) is 0 Å². The lowest BCUT2D eigenvalue weighted by atomic mass is 10.1. The number of ether oxygens (including phenoxy) is 2.